The molecule has 6 heteroatoms. The Hall–Kier alpha value is -1.69. The maximum Gasteiger partial charge on any atom is 0.247 e. The molecular formula is C16H22N4O2. The Labute approximate surface area is 130 Å². The van der Waals surface area contributed by atoms with Crippen LogP contribution in [0.3, 0.4) is 0 Å². The molecule has 1 aromatic rings. The van der Waals surface area contributed by atoms with Gasteiger partial charge in [0, 0.05) is 31.0 Å². The van der Waals surface area contributed by atoms with Gasteiger partial charge < -0.3 is 4.57 Å². The smallest absolute Gasteiger partial charge is 0.247 e. The maximum atomic E-state index is 12.6. The minimum atomic E-state index is -0.244. The van der Waals surface area contributed by atoms with Crippen molar-refractivity contribution in [1.82, 2.24) is 19.4 Å². The van der Waals surface area contributed by atoms with Crippen LogP contribution in [0.25, 0.3) is 0 Å². The topological polar surface area (TPSA) is 58.4 Å². The summed E-state index contributed by atoms with van der Waals surface area (Å²) in [6, 6.07) is 0.277. The van der Waals surface area contributed by atoms with Gasteiger partial charge in [-0.2, -0.15) is 0 Å². The third-order valence-electron chi connectivity index (χ3n) is 5.37. The highest BCUT2D eigenvalue weighted by atomic mass is 16.2. The summed E-state index contributed by atoms with van der Waals surface area (Å²) in [4.78, 5) is 32.7. The van der Waals surface area contributed by atoms with Crippen molar-refractivity contribution in [3.63, 3.8) is 0 Å². The number of piperidine rings is 1. The first-order chi connectivity index (χ1) is 10.6. The van der Waals surface area contributed by atoms with E-state index in [1.165, 1.54) is 4.90 Å². The Kier molecular flexibility index (Phi) is 3.29. The summed E-state index contributed by atoms with van der Waals surface area (Å²) in [5, 5.41) is 0. The van der Waals surface area contributed by atoms with Crippen molar-refractivity contribution in [1.29, 1.82) is 0 Å². The van der Waals surface area contributed by atoms with Crippen molar-refractivity contribution < 1.29 is 9.59 Å². The fraction of sp³-hybridized carbons (Fsp3) is 0.688. The Balaban J connectivity index is 1.51. The predicted octanol–water partition coefficient (Wildman–Crippen LogP) is 1.06. The highest BCUT2D eigenvalue weighted by Gasteiger charge is 2.49. The average Bonchev–Trinajstić information content (AvgIpc) is 3.08. The lowest BCUT2D eigenvalue weighted by molar-refractivity contribution is -0.140. The second kappa shape index (κ2) is 5.19. The number of hydrogen-bond donors (Lipinski definition) is 0. The summed E-state index contributed by atoms with van der Waals surface area (Å²) in [6.45, 7) is 3.97. The van der Waals surface area contributed by atoms with Gasteiger partial charge in [-0.25, -0.2) is 4.98 Å². The van der Waals surface area contributed by atoms with Crippen LogP contribution in [-0.4, -0.2) is 56.3 Å². The molecule has 118 valence electrons. The van der Waals surface area contributed by atoms with Crippen molar-refractivity contribution in [3.8, 4) is 0 Å². The summed E-state index contributed by atoms with van der Waals surface area (Å²) >= 11 is 0. The quantitative estimate of drug-likeness (QED) is 0.783. The van der Waals surface area contributed by atoms with E-state index in [2.05, 4.69) is 21.4 Å². The lowest BCUT2D eigenvalue weighted by Crippen LogP contribution is -2.49. The first-order valence-electron chi connectivity index (χ1n) is 8.22. The van der Waals surface area contributed by atoms with Gasteiger partial charge in [0.25, 0.3) is 0 Å². The molecule has 2 saturated heterocycles. The Morgan fingerprint density at radius 3 is 2.73 bits per heavy atom. The van der Waals surface area contributed by atoms with Gasteiger partial charge in [-0.05, 0) is 31.7 Å². The average molecular weight is 302 g/mol. The summed E-state index contributed by atoms with van der Waals surface area (Å²) in [5.41, 5.74) is 0. The standard InChI is InChI=1S/C16H22N4O2/c1-11-4-6-18(9-14(11)19-7-5-17-10-19)13-8-15(21)20(16(13)22)12-2-3-12/h5,7,10-14H,2-4,6,8-9H2,1H3. The first-order valence-corrected chi connectivity index (χ1v) is 8.22. The minimum Gasteiger partial charge on any atom is -0.333 e. The number of imidazole rings is 1. The molecule has 1 saturated carbocycles. The van der Waals surface area contributed by atoms with E-state index < -0.39 is 0 Å². The van der Waals surface area contributed by atoms with Gasteiger partial charge in [0.1, 0.15) is 0 Å². The maximum absolute atomic E-state index is 12.6. The molecule has 2 amide bonds. The normalized spacial score (nSPS) is 33.7. The summed E-state index contributed by atoms with van der Waals surface area (Å²) in [6.07, 6.45) is 9.01. The molecule has 6 nitrogen and oxygen atoms in total. The third kappa shape index (κ3) is 2.26. The number of amides is 2. The number of nitrogens with zero attached hydrogens (tertiary/aromatic N) is 4. The molecule has 1 aliphatic carbocycles. The summed E-state index contributed by atoms with van der Waals surface area (Å²) in [5.74, 6) is 0.610. The van der Waals surface area contributed by atoms with Gasteiger partial charge in [-0.3, -0.25) is 19.4 Å². The van der Waals surface area contributed by atoms with E-state index in [0.29, 0.717) is 18.4 Å². The molecule has 3 atom stereocenters. The van der Waals surface area contributed by atoms with Gasteiger partial charge >= 0.3 is 0 Å². The van der Waals surface area contributed by atoms with Gasteiger partial charge in [0.2, 0.25) is 11.8 Å². The molecule has 0 aromatic carbocycles. The minimum absolute atomic E-state index is 0.0234. The number of imide groups is 1. The Bertz CT molecular complexity index is 581. The van der Waals surface area contributed by atoms with Crippen molar-refractivity contribution in [2.45, 2.75) is 50.7 Å². The third-order valence-corrected chi connectivity index (χ3v) is 5.37. The van der Waals surface area contributed by atoms with E-state index in [-0.39, 0.29) is 23.9 Å². The molecule has 0 radical (unpaired) electrons. The predicted molar refractivity (Wildman–Crippen MR) is 79.9 cm³/mol. The number of rotatable bonds is 3. The van der Waals surface area contributed by atoms with Crippen molar-refractivity contribution >= 4 is 11.8 Å². The highest BCUT2D eigenvalue weighted by molar-refractivity contribution is 6.06. The van der Waals surface area contributed by atoms with Crippen LogP contribution in [0.5, 0.6) is 0 Å². The Morgan fingerprint density at radius 2 is 2.05 bits per heavy atom. The number of carbonyl (C=O) groups excluding carboxylic acids is 2. The summed E-state index contributed by atoms with van der Waals surface area (Å²) in [7, 11) is 0. The largest absolute Gasteiger partial charge is 0.333 e. The molecule has 3 fully saturated rings. The molecule has 3 unspecified atom stereocenters. The van der Waals surface area contributed by atoms with Crippen LogP contribution in [0.4, 0.5) is 0 Å². The van der Waals surface area contributed by atoms with Crippen molar-refractivity contribution in [2.24, 2.45) is 5.92 Å². The van der Waals surface area contributed by atoms with E-state index in [1.807, 2.05) is 12.5 Å². The Morgan fingerprint density at radius 1 is 1.23 bits per heavy atom. The van der Waals surface area contributed by atoms with Crippen LogP contribution >= 0.6 is 0 Å². The molecule has 3 aliphatic rings. The molecule has 0 N–H and O–H groups in total. The zero-order valence-corrected chi connectivity index (χ0v) is 12.9. The van der Waals surface area contributed by atoms with E-state index >= 15 is 0 Å². The number of likely N-dealkylation sites (tertiary alicyclic amines) is 2. The van der Waals surface area contributed by atoms with E-state index in [4.69, 9.17) is 0 Å². The monoisotopic (exact) mass is 302 g/mol. The summed E-state index contributed by atoms with van der Waals surface area (Å²) < 4.78 is 2.14. The fourth-order valence-electron chi connectivity index (χ4n) is 3.85. The van der Waals surface area contributed by atoms with Crippen LogP contribution in [-0.2, 0) is 9.59 Å². The molecule has 4 rings (SSSR count). The number of carbonyl (C=O) groups is 2. The molecular weight excluding hydrogens is 280 g/mol. The molecule has 1 aromatic heterocycles. The van der Waals surface area contributed by atoms with E-state index in [9.17, 15) is 9.59 Å². The van der Waals surface area contributed by atoms with Crippen molar-refractivity contribution in [2.75, 3.05) is 13.1 Å². The zero-order chi connectivity index (χ0) is 15.3. The van der Waals surface area contributed by atoms with Crippen LogP contribution in [0.1, 0.15) is 38.6 Å². The van der Waals surface area contributed by atoms with Gasteiger partial charge in [0.05, 0.1) is 18.8 Å². The molecule has 3 heterocycles. The van der Waals surface area contributed by atoms with Crippen LogP contribution in [0.15, 0.2) is 18.7 Å². The van der Waals surface area contributed by atoms with Crippen molar-refractivity contribution in [3.05, 3.63) is 18.7 Å². The van der Waals surface area contributed by atoms with Gasteiger partial charge in [0.15, 0.2) is 0 Å². The molecule has 2 aliphatic heterocycles. The number of aromatic nitrogens is 2. The second-order valence-corrected chi connectivity index (χ2v) is 6.89. The number of hydrogen-bond acceptors (Lipinski definition) is 4. The fourth-order valence-corrected chi connectivity index (χ4v) is 3.85. The van der Waals surface area contributed by atoms with Crippen LogP contribution < -0.4 is 0 Å². The highest BCUT2D eigenvalue weighted by Crippen LogP contribution is 2.35. The van der Waals surface area contributed by atoms with Crippen LogP contribution in [0, 0.1) is 5.92 Å². The van der Waals surface area contributed by atoms with E-state index in [1.54, 1.807) is 6.20 Å². The van der Waals surface area contributed by atoms with Gasteiger partial charge in [-0.1, -0.05) is 6.92 Å². The second-order valence-electron chi connectivity index (χ2n) is 6.89. The van der Waals surface area contributed by atoms with Gasteiger partial charge in [-0.15, -0.1) is 0 Å². The van der Waals surface area contributed by atoms with Crippen LogP contribution in [0.2, 0.25) is 0 Å². The zero-order valence-electron chi connectivity index (χ0n) is 12.9. The lowest BCUT2D eigenvalue weighted by atomic mass is 9.92. The lowest BCUT2D eigenvalue weighted by Gasteiger charge is -2.39. The molecule has 22 heavy (non-hydrogen) atoms. The molecule has 0 spiro atoms. The molecule has 0 bridgehead atoms. The first kappa shape index (κ1) is 13.9. The SMILES string of the molecule is CC1CCN(C2CC(=O)N(C3CC3)C2=O)CC1n1ccnc1. The van der Waals surface area contributed by atoms with E-state index in [0.717, 1.165) is 32.4 Å².